The number of carbonyl (C=O) groups is 1. The van der Waals surface area contributed by atoms with Crippen LogP contribution in [0.2, 0.25) is 0 Å². The lowest BCUT2D eigenvalue weighted by atomic mass is 10.3. The molecule has 102 valence electrons. The van der Waals surface area contributed by atoms with E-state index in [2.05, 4.69) is 26.2 Å². The summed E-state index contributed by atoms with van der Waals surface area (Å²) in [7, 11) is 0. The summed E-state index contributed by atoms with van der Waals surface area (Å²) in [6, 6.07) is 2.02. The number of esters is 1. The minimum absolute atomic E-state index is 0.231. The van der Waals surface area contributed by atoms with Gasteiger partial charge in [0.1, 0.15) is 0 Å². The van der Waals surface area contributed by atoms with E-state index < -0.39 is 0 Å². The molecule has 0 fully saturated rings. The summed E-state index contributed by atoms with van der Waals surface area (Å²) < 4.78 is 6.00. The highest BCUT2D eigenvalue weighted by Crippen LogP contribution is 2.24. The monoisotopic (exact) mass is 360 g/mol. The molecule has 0 saturated heterocycles. The van der Waals surface area contributed by atoms with Crippen molar-refractivity contribution in [1.29, 1.82) is 0 Å². The number of thiophene rings is 1. The van der Waals surface area contributed by atoms with Crippen molar-refractivity contribution in [2.45, 2.75) is 19.9 Å². The van der Waals surface area contributed by atoms with Crippen molar-refractivity contribution in [2.24, 2.45) is 0 Å². The van der Waals surface area contributed by atoms with Gasteiger partial charge in [0.15, 0.2) is 5.13 Å². The highest BCUT2D eigenvalue weighted by atomic mass is 79.9. The standard InChI is InChI=1S/C12H13BrN2O2S2/c1-2-17-11(16)5-8-7-19-12(15-8)14-6-10-9(13)3-4-18-10/h3-4,7H,2,5-6H2,1H3,(H,14,15). The third-order valence-electron chi connectivity index (χ3n) is 2.27. The molecule has 2 heterocycles. The Bertz CT molecular complexity index is 553. The Hall–Kier alpha value is -0.920. The van der Waals surface area contributed by atoms with Crippen molar-refractivity contribution in [1.82, 2.24) is 4.98 Å². The number of hydrogen-bond acceptors (Lipinski definition) is 6. The predicted octanol–water partition coefficient (Wildman–Crippen LogP) is 3.68. The molecule has 0 aliphatic carbocycles. The summed E-state index contributed by atoms with van der Waals surface area (Å²) in [5.41, 5.74) is 0.746. The van der Waals surface area contributed by atoms with Gasteiger partial charge in [-0.3, -0.25) is 4.79 Å². The lowest BCUT2D eigenvalue weighted by Gasteiger charge is -2.01. The van der Waals surface area contributed by atoms with Gasteiger partial charge >= 0.3 is 5.97 Å². The number of nitrogens with one attached hydrogen (secondary N) is 1. The maximum Gasteiger partial charge on any atom is 0.311 e. The second-order valence-corrected chi connectivity index (χ2v) is 6.38. The van der Waals surface area contributed by atoms with Crippen LogP contribution in [-0.2, 0) is 22.5 Å². The van der Waals surface area contributed by atoms with Gasteiger partial charge in [0.25, 0.3) is 0 Å². The first-order valence-electron chi connectivity index (χ1n) is 5.74. The highest BCUT2D eigenvalue weighted by Gasteiger charge is 2.08. The Kier molecular flexibility index (Phi) is 5.35. The Morgan fingerprint density at radius 2 is 2.37 bits per heavy atom. The summed E-state index contributed by atoms with van der Waals surface area (Å²) in [6.45, 7) is 2.93. The molecule has 0 spiro atoms. The Morgan fingerprint density at radius 1 is 1.53 bits per heavy atom. The molecule has 7 heteroatoms. The number of thiazole rings is 1. The lowest BCUT2D eigenvalue weighted by Crippen LogP contribution is -2.07. The first-order chi connectivity index (χ1) is 9.19. The minimum atomic E-state index is -0.236. The largest absolute Gasteiger partial charge is 0.466 e. The van der Waals surface area contributed by atoms with Gasteiger partial charge in [0.05, 0.1) is 25.3 Å². The summed E-state index contributed by atoms with van der Waals surface area (Å²) in [5.74, 6) is -0.236. The van der Waals surface area contributed by atoms with E-state index in [0.717, 1.165) is 21.8 Å². The van der Waals surface area contributed by atoms with Crippen LogP contribution < -0.4 is 5.32 Å². The smallest absolute Gasteiger partial charge is 0.311 e. The molecule has 0 aromatic carbocycles. The average molecular weight is 361 g/mol. The highest BCUT2D eigenvalue weighted by molar-refractivity contribution is 9.10. The molecule has 1 N–H and O–H groups in total. The van der Waals surface area contributed by atoms with Crippen molar-refractivity contribution in [2.75, 3.05) is 11.9 Å². The van der Waals surface area contributed by atoms with E-state index in [-0.39, 0.29) is 12.4 Å². The number of hydrogen-bond donors (Lipinski definition) is 1. The van der Waals surface area contributed by atoms with Crippen LogP contribution in [0.15, 0.2) is 21.3 Å². The number of aromatic nitrogens is 1. The Balaban J connectivity index is 1.87. The third kappa shape index (κ3) is 4.29. The molecule has 2 aromatic heterocycles. The van der Waals surface area contributed by atoms with Gasteiger partial charge in [0.2, 0.25) is 0 Å². The van der Waals surface area contributed by atoms with Gasteiger partial charge in [-0.15, -0.1) is 22.7 Å². The van der Waals surface area contributed by atoms with Crippen LogP contribution in [0.1, 0.15) is 17.5 Å². The minimum Gasteiger partial charge on any atom is -0.466 e. The van der Waals surface area contributed by atoms with E-state index in [0.29, 0.717) is 6.61 Å². The second-order valence-electron chi connectivity index (χ2n) is 3.67. The second kappa shape index (κ2) is 7.02. The van der Waals surface area contributed by atoms with Crippen molar-refractivity contribution in [3.63, 3.8) is 0 Å². The van der Waals surface area contributed by atoms with E-state index >= 15 is 0 Å². The van der Waals surface area contributed by atoms with Gasteiger partial charge in [-0.25, -0.2) is 4.98 Å². The predicted molar refractivity (Wildman–Crippen MR) is 81.8 cm³/mol. The molecule has 19 heavy (non-hydrogen) atoms. The molecule has 0 aliphatic rings. The number of ether oxygens (including phenoxy) is 1. The maximum absolute atomic E-state index is 11.3. The molecule has 0 aliphatic heterocycles. The molecular formula is C12H13BrN2O2S2. The van der Waals surface area contributed by atoms with Gasteiger partial charge in [0, 0.05) is 14.7 Å². The van der Waals surface area contributed by atoms with Gasteiger partial charge in [-0.2, -0.15) is 0 Å². The molecule has 2 rings (SSSR count). The number of nitrogens with zero attached hydrogens (tertiary/aromatic N) is 1. The maximum atomic E-state index is 11.3. The van der Waals surface area contributed by atoms with Crippen LogP contribution >= 0.6 is 38.6 Å². The fraction of sp³-hybridized carbons (Fsp3) is 0.333. The lowest BCUT2D eigenvalue weighted by molar-refractivity contribution is -0.142. The zero-order valence-corrected chi connectivity index (χ0v) is 13.5. The van der Waals surface area contributed by atoms with Gasteiger partial charge in [-0.1, -0.05) is 0 Å². The molecular weight excluding hydrogens is 348 g/mol. The fourth-order valence-electron chi connectivity index (χ4n) is 1.44. The molecule has 0 amide bonds. The molecule has 2 aromatic rings. The number of halogens is 1. The zero-order valence-electron chi connectivity index (χ0n) is 10.3. The van der Waals surface area contributed by atoms with E-state index in [1.807, 2.05) is 16.8 Å². The van der Waals surface area contributed by atoms with Crippen LogP contribution in [0.4, 0.5) is 5.13 Å². The zero-order chi connectivity index (χ0) is 13.7. The quantitative estimate of drug-likeness (QED) is 0.798. The topological polar surface area (TPSA) is 51.2 Å². The molecule has 0 bridgehead atoms. The number of anilines is 1. The first-order valence-corrected chi connectivity index (χ1v) is 8.30. The Morgan fingerprint density at radius 3 is 3.05 bits per heavy atom. The average Bonchev–Trinajstić information content (AvgIpc) is 2.96. The first kappa shape index (κ1) is 14.5. The van der Waals surface area contributed by atoms with E-state index in [4.69, 9.17) is 4.74 Å². The summed E-state index contributed by atoms with van der Waals surface area (Å²) >= 11 is 6.67. The van der Waals surface area contributed by atoms with Gasteiger partial charge in [-0.05, 0) is 34.3 Å². The summed E-state index contributed by atoms with van der Waals surface area (Å²) in [4.78, 5) is 16.9. The number of rotatable bonds is 6. The van der Waals surface area contributed by atoms with Crippen LogP contribution in [0.25, 0.3) is 0 Å². The third-order valence-corrected chi connectivity index (χ3v) is 5.05. The van der Waals surface area contributed by atoms with Gasteiger partial charge < -0.3 is 10.1 Å². The van der Waals surface area contributed by atoms with Crippen LogP contribution in [0, 0.1) is 0 Å². The van der Waals surface area contributed by atoms with Crippen LogP contribution in [0.3, 0.4) is 0 Å². The molecule has 0 saturated carbocycles. The van der Waals surface area contributed by atoms with Crippen molar-refractivity contribution in [3.8, 4) is 0 Å². The van der Waals surface area contributed by atoms with Crippen LogP contribution in [-0.4, -0.2) is 17.6 Å². The summed E-state index contributed by atoms with van der Waals surface area (Å²) in [6.07, 6.45) is 0.231. The van der Waals surface area contributed by atoms with Crippen molar-refractivity contribution < 1.29 is 9.53 Å². The van der Waals surface area contributed by atoms with Crippen molar-refractivity contribution >= 4 is 49.7 Å². The fourth-order valence-corrected chi connectivity index (χ4v) is 3.58. The SMILES string of the molecule is CCOC(=O)Cc1csc(NCc2sccc2Br)n1. The normalized spacial score (nSPS) is 10.4. The Labute approximate surface area is 128 Å². The van der Waals surface area contributed by atoms with Crippen molar-refractivity contribution in [3.05, 3.63) is 31.9 Å². The molecule has 0 atom stereocenters. The molecule has 4 nitrogen and oxygen atoms in total. The number of carbonyl (C=O) groups excluding carboxylic acids is 1. The van der Waals surface area contributed by atoms with E-state index in [9.17, 15) is 4.79 Å². The van der Waals surface area contributed by atoms with E-state index in [1.165, 1.54) is 16.2 Å². The molecule has 0 radical (unpaired) electrons. The van der Waals surface area contributed by atoms with E-state index in [1.54, 1.807) is 18.3 Å². The summed E-state index contributed by atoms with van der Waals surface area (Å²) in [5, 5.41) is 7.98. The molecule has 0 unspecified atom stereocenters. The van der Waals surface area contributed by atoms with Crippen LogP contribution in [0.5, 0.6) is 0 Å².